The molecule has 3 rings (SSSR count). The molecule has 29 heavy (non-hydrogen) atoms. The lowest BCUT2D eigenvalue weighted by Crippen LogP contribution is -2.16. The summed E-state index contributed by atoms with van der Waals surface area (Å²) in [5.74, 6) is 1.16. The van der Waals surface area contributed by atoms with Gasteiger partial charge in [0.2, 0.25) is 5.75 Å². The minimum absolute atomic E-state index is 0.106. The van der Waals surface area contributed by atoms with E-state index in [2.05, 4.69) is 10.5 Å². The van der Waals surface area contributed by atoms with Crippen molar-refractivity contribution in [3.63, 3.8) is 0 Å². The number of benzene rings is 2. The second-order valence-corrected chi connectivity index (χ2v) is 5.84. The Morgan fingerprint density at radius 3 is 2.45 bits per heavy atom. The fraction of sp³-hybridized carbons (Fsp3) is 0.143. The summed E-state index contributed by atoms with van der Waals surface area (Å²) in [6.07, 6.45) is 1.39. The summed E-state index contributed by atoms with van der Waals surface area (Å²) in [6.45, 7) is 0.202. The molecule has 2 aromatic carbocycles. The van der Waals surface area contributed by atoms with E-state index < -0.39 is 5.91 Å². The Hall–Kier alpha value is -3.94. The number of ether oxygens (including phenoxy) is 3. The van der Waals surface area contributed by atoms with Gasteiger partial charge < -0.3 is 23.7 Å². The zero-order chi connectivity index (χ0) is 20.6. The molecule has 1 amide bonds. The zero-order valence-electron chi connectivity index (χ0n) is 15.9. The predicted molar refractivity (Wildman–Crippen MR) is 106 cm³/mol. The Labute approximate surface area is 167 Å². The van der Waals surface area contributed by atoms with Crippen molar-refractivity contribution in [3.05, 3.63) is 71.7 Å². The first-order chi connectivity index (χ1) is 14.1. The molecule has 0 radical (unpaired) electrons. The first kappa shape index (κ1) is 19.8. The third-order valence-electron chi connectivity index (χ3n) is 3.89. The second-order valence-electron chi connectivity index (χ2n) is 5.84. The van der Waals surface area contributed by atoms with Gasteiger partial charge in [-0.25, -0.2) is 5.43 Å². The van der Waals surface area contributed by atoms with Gasteiger partial charge in [-0.3, -0.25) is 4.79 Å². The van der Waals surface area contributed by atoms with Gasteiger partial charge in [-0.05, 0) is 36.4 Å². The molecule has 150 valence electrons. The summed E-state index contributed by atoms with van der Waals surface area (Å²) < 4.78 is 21.2. The number of amides is 1. The number of nitrogens with one attached hydrogen (secondary N) is 1. The summed E-state index contributed by atoms with van der Waals surface area (Å²) >= 11 is 0. The minimum Gasteiger partial charge on any atom is -0.502 e. The molecule has 0 aliphatic carbocycles. The van der Waals surface area contributed by atoms with Crippen molar-refractivity contribution >= 4 is 12.1 Å². The number of hydrazone groups is 1. The van der Waals surface area contributed by atoms with Crippen molar-refractivity contribution in [2.24, 2.45) is 5.10 Å². The van der Waals surface area contributed by atoms with Crippen LogP contribution in [0.3, 0.4) is 0 Å². The predicted octanol–water partition coefficient (Wildman–Crippen LogP) is 3.35. The second kappa shape index (κ2) is 9.32. The number of methoxy groups -OCH3 is 2. The van der Waals surface area contributed by atoms with Gasteiger partial charge in [0.05, 0.1) is 20.4 Å². The molecule has 0 bridgehead atoms. The topological polar surface area (TPSA) is 103 Å². The highest BCUT2D eigenvalue weighted by atomic mass is 16.5. The van der Waals surface area contributed by atoms with E-state index in [0.29, 0.717) is 17.1 Å². The first-order valence-electron chi connectivity index (χ1n) is 8.65. The molecule has 1 aromatic heterocycles. The molecule has 8 heteroatoms. The highest BCUT2D eigenvalue weighted by Gasteiger charge is 2.12. The molecular weight excluding hydrogens is 376 g/mol. The van der Waals surface area contributed by atoms with E-state index in [1.54, 1.807) is 24.3 Å². The Bertz CT molecular complexity index is 972. The Balaban J connectivity index is 1.59. The van der Waals surface area contributed by atoms with Crippen LogP contribution in [-0.2, 0) is 6.61 Å². The van der Waals surface area contributed by atoms with E-state index in [1.165, 1.54) is 20.4 Å². The number of hydrogen-bond donors (Lipinski definition) is 2. The van der Waals surface area contributed by atoms with Crippen LogP contribution in [0.4, 0.5) is 0 Å². The standard InChI is InChI=1S/C21H20N2O6/c1-26-18-10-14(11-19(27-2)20(18)24)12-22-23-21(25)17-9-8-16(29-17)13-28-15-6-4-3-5-7-15/h3-12,24H,13H2,1-2H3,(H,23,25)/b22-12+. The first-order valence-corrected chi connectivity index (χ1v) is 8.65. The normalized spacial score (nSPS) is 10.7. The third kappa shape index (κ3) is 5.07. The van der Waals surface area contributed by atoms with Crippen molar-refractivity contribution < 1.29 is 28.5 Å². The van der Waals surface area contributed by atoms with E-state index in [4.69, 9.17) is 18.6 Å². The van der Waals surface area contributed by atoms with Gasteiger partial charge in [-0.2, -0.15) is 5.10 Å². The van der Waals surface area contributed by atoms with Crippen LogP contribution >= 0.6 is 0 Å². The molecule has 0 aliphatic heterocycles. The lowest BCUT2D eigenvalue weighted by Gasteiger charge is -2.09. The van der Waals surface area contributed by atoms with Crippen LogP contribution in [0.2, 0.25) is 0 Å². The van der Waals surface area contributed by atoms with E-state index in [1.807, 2.05) is 30.3 Å². The quantitative estimate of drug-likeness (QED) is 0.447. The summed E-state index contributed by atoms with van der Waals surface area (Å²) in [7, 11) is 2.85. The summed E-state index contributed by atoms with van der Waals surface area (Å²) in [6, 6.07) is 15.6. The van der Waals surface area contributed by atoms with Crippen LogP contribution in [0.25, 0.3) is 0 Å². The van der Waals surface area contributed by atoms with Crippen molar-refractivity contribution in [3.8, 4) is 23.0 Å². The van der Waals surface area contributed by atoms with E-state index in [0.717, 1.165) is 0 Å². The number of carbonyl (C=O) groups excluding carboxylic acids is 1. The molecule has 0 aliphatic rings. The maximum Gasteiger partial charge on any atom is 0.307 e. The Morgan fingerprint density at radius 2 is 1.79 bits per heavy atom. The van der Waals surface area contributed by atoms with E-state index in [-0.39, 0.29) is 29.6 Å². The molecule has 8 nitrogen and oxygen atoms in total. The van der Waals surface area contributed by atoms with Crippen molar-refractivity contribution in [1.29, 1.82) is 0 Å². The minimum atomic E-state index is -0.509. The number of phenols is 1. The van der Waals surface area contributed by atoms with Gasteiger partial charge in [0.1, 0.15) is 18.1 Å². The molecule has 3 aromatic rings. The highest BCUT2D eigenvalue weighted by molar-refractivity contribution is 5.92. The molecule has 1 heterocycles. The molecule has 2 N–H and O–H groups in total. The van der Waals surface area contributed by atoms with Crippen LogP contribution in [0.1, 0.15) is 21.9 Å². The van der Waals surface area contributed by atoms with E-state index in [9.17, 15) is 9.90 Å². The van der Waals surface area contributed by atoms with Gasteiger partial charge in [-0.15, -0.1) is 0 Å². The summed E-state index contributed by atoms with van der Waals surface area (Å²) in [5, 5.41) is 13.8. The lowest BCUT2D eigenvalue weighted by molar-refractivity contribution is 0.0923. The molecule has 0 unspecified atom stereocenters. The highest BCUT2D eigenvalue weighted by Crippen LogP contribution is 2.36. The average molecular weight is 396 g/mol. The number of hydrogen-bond acceptors (Lipinski definition) is 7. The summed E-state index contributed by atoms with van der Waals surface area (Å²) in [5.41, 5.74) is 2.94. The van der Waals surface area contributed by atoms with Gasteiger partial charge in [0.15, 0.2) is 17.3 Å². The van der Waals surface area contributed by atoms with Crippen LogP contribution in [-0.4, -0.2) is 31.4 Å². The third-order valence-corrected chi connectivity index (χ3v) is 3.89. The number of phenolic OH excluding ortho intramolecular Hbond substituents is 1. The number of aromatic hydroxyl groups is 1. The van der Waals surface area contributed by atoms with Crippen LogP contribution in [0, 0.1) is 0 Å². The molecule has 0 spiro atoms. The number of para-hydroxylation sites is 1. The molecule has 0 atom stereocenters. The summed E-state index contributed by atoms with van der Waals surface area (Å²) in [4.78, 5) is 12.2. The Kier molecular flexibility index (Phi) is 6.36. The maximum atomic E-state index is 12.2. The van der Waals surface area contributed by atoms with Crippen LogP contribution in [0.5, 0.6) is 23.0 Å². The van der Waals surface area contributed by atoms with Gasteiger partial charge in [0.25, 0.3) is 0 Å². The monoisotopic (exact) mass is 396 g/mol. The fourth-order valence-electron chi connectivity index (χ4n) is 2.46. The van der Waals surface area contributed by atoms with Gasteiger partial charge in [0, 0.05) is 5.56 Å². The molecule has 0 saturated heterocycles. The number of carbonyl (C=O) groups is 1. The molecular formula is C21H20N2O6. The largest absolute Gasteiger partial charge is 0.502 e. The van der Waals surface area contributed by atoms with Gasteiger partial charge in [-0.1, -0.05) is 18.2 Å². The van der Waals surface area contributed by atoms with Crippen LogP contribution < -0.4 is 19.6 Å². The SMILES string of the molecule is COc1cc(/C=N/NC(=O)c2ccc(COc3ccccc3)o2)cc(OC)c1O. The van der Waals surface area contributed by atoms with Gasteiger partial charge >= 0.3 is 5.91 Å². The number of furan rings is 1. The van der Waals surface area contributed by atoms with Crippen molar-refractivity contribution in [2.75, 3.05) is 14.2 Å². The Morgan fingerprint density at radius 1 is 1.10 bits per heavy atom. The fourth-order valence-corrected chi connectivity index (χ4v) is 2.46. The van der Waals surface area contributed by atoms with E-state index >= 15 is 0 Å². The lowest BCUT2D eigenvalue weighted by atomic mass is 10.2. The number of nitrogens with zero attached hydrogens (tertiary/aromatic N) is 1. The zero-order valence-corrected chi connectivity index (χ0v) is 15.9. The molecule has 0 saturated carbocycles. The molecule has 0 fully saturated rings. The smallest absolute Gasteiger partial charge is 0.307 e. The maximum absolute atomic E-state index is 12.2. The number of rotatable bonds is 8. The van der Waals surface area contributed by atoms with Crippen molar-refractivity contribution in [2.45, 2.75) is 6.61 Å². The van der Waals surface area contributed by atoms with Crippen molar-refractivity contribution in [1.82, 2.24) is 5.43 Å². The average Bonchev–Trinajstić information content (AvgIpc) is 3.23. The van der Waals surface area contributed by atoms with Crippen LogP contribution in [0.15, 0.2) is 64.1 Å².